The summed E-state index contributed by atoms with van der Waals surface area (Å²) in [5.74, 6) is -1.72. The summed E-state index contributed by atoms with van der Waals surface area (Å²) >= 11 is 5.90. The molecular weight excluding hydrogens is 360 g/mol. The molecule has 0 heterocycles. The van der Waals surface area contributed by atoms with Crippen LogP contribution in [-0.2, 0) is 9.53 Å². The molecule has 0 aliphatic heterocycles. The highest BCUT2D eigenvalue weighted by Crippen LogP contribution is 2.30. The van der Waals surface area contributed by atoms with Crippen molar-refractivity contribution in [2.24, 2.45) is 0 Å². The third kappa shape index (κ3) is 4.23. The molecule has 2 rings (SSSR count). The number of benzene rings is 2. The Morgan fingerprint density at radius 3 is 2.65 bits per heavy atom. The van der Waals surface area contributed by atoms with E-state index in [1.165, 1.54) is 50.4 Å². The molecule has 0 saturated carbocycles. The van der Waals surface area contributed by atoms with Gasteiger partial charge in [-0.3, -0.25) is 4.79 Å². The number of carbonyl (C=O) groups excluding carboxylic acids is 2. The molecule has 0 fully saturated rings. The van der Waals surface area contributed by atoms with Crippen LogP contribution in [0.15, 0.2) is 36.4 Å². The molecule has 0 spiro atoms. The Balaban J connectivity index is 2.06. The number of nitrogens with zero attached hydrogens (tertiary/aromatic N) is 1. The normalized spacial score (nSPS) is 11.2. The van der Waals surface area contributed by atoms with Gasteiger partial charge in [0.2, 0.25) is 0 Å². The molecule has 0 aliphatic carbocycles. The van der Waals surface area contributed by atoms with Crippen LogP contribution < -0.4 is 10.1 Å². The van der Waals surface area contributed by atoms with Gasteiger partial charge in [-0.1, -0.05) is 17.7 Å². The number of phenols is 1. The fourth-order valence-corrected chi connectivity index (χ4v) is 2.28. The molecular formula is C18H15ClN2O5. The van der Waals surface area contributed by atoms with Crippen LogP contribution >= 0.6 is 11.6 Å². The Hall–Kier alpha value is -3.24. The number of rotatable bonds is 5. The van der Waals surface area contributed by atoms with Crippen molar-refractivity contribution >= 4 is 29.2 Å². The summed E-state index contributed by atoms with van der Waals surface area (Å²) < 4.78 is 10.00. The van der Waals surface area contributed by atoms with Crippen LogP contribution in [0.3, 0.4) is 0 Å². The lowest BCUT2D eigenvalue weighted by molar-refractivity contribution is -0.123. The molecule has 1 unspecified atom stereocenters. The molecule has 1 atom stereocenters. The van der Waals surface area contributed by atoms with Crippen LogP contribution in [0.5, 0.6) is 11.5 Å². The summed E-state index contributed by atoms with van der Waals surface area (Å²) in [6.07, 6.45) is -1.14. The van der Waals surface area contributed by atoms with E-state index in [0.29, 0.717) is 5.69 Å². The molecule has 134 valence electrons. The predicted octanol–water partition coefficient (Wildman–Crippen LogP) is 3.11. The van der Waals surface area contributed by atoms with E-state index < -0.39 is 18.0 Å². The van der Waals surface area contributed by atoms with Gasteiger partial charge >= 0.3 is 5.97 Å². The average Bonchev–Trinajstić information content (AvgIpc) is 2.61. The van der Waals surface area contributed by atoms with Crippen molar-refractivity contribution in [3.8, 4) is 17.6 Å². The van der Waals surface area contributed by atoms with Crippen LogP contribution in [0.25, 0.3) is 0 Å². The molecule has 7 nitrogen and oxygen atoms in total. The van der Waals surface area contributed by atoms with Crippen molar-refractivity contribution in [3.63, 3.8) is 0 Å². The zero-order chi connectivity index (χ0) is 19.3. The highest BCUT2D eigenvalue weighted by Gasteiger charge is 2.22. The molecule has 2 aromatic rings. The first-order chi connectivity index (χ1) is 12.4. The molecule has 8 heteroatoms. The Morgan fingerprint density at radius 2 is 2.04 bits per heavy atom. The first-order valence-corrected chi connectivity index (χ1v) is 7.82. The average molecular weight is 375 g/mol. The molecule has 26 heavy (non-hydrogen) atoms. The number of amides is 1. The quantitative estimate of drug-likeness (QED) is 0.778. The number of esters is 1. The fourth-order valence-electron chi connectivity index (χ4n) is 2.06. The largest absolute Gasteiger partial charge is 0.504 e. The maximum atomic E-state index is 12.2. The highest BCUT2D eigenvalue weighted by molar-refractivity contribution is 6.32. The van der Waals surface area contributed by atoms with Crippen molar-refractivity contribution in [1.82, 2.24) is 0 Å². The zero-order valence-electron chi connectivity index (χ0n) is 13.9. The van der Waals surface area contributed by atoms with Gasteiger partial charge in [0.05, 0.1) is 17.7 Å². The Kier molecular flexibility index (Phi) is 6.04. The number of nitriles is 1. The van der Waals surface area contributed by atoms with Gasteiger partial charge in [-0.2, -0.15) is 5.26 Å². The monoisotopic (exact) mass is 374 g/mol. The van der Waals surface area contributed by atoms with Crippen LogP contribution in [0.4, 0.5) is 5.69 Å². The number of aromatic hydroxyl groups is 1. The third-order valence-electron chi connectivity index (χ3n) is 3.45. The lowest BCUT2D eigenvalue weighted by atomic mass is 10.2. The minimum Gasteiger partial charge on any atom is -0.504 e. The molecule has 1 amide bonds. The molecule has 2 aromatic carbocycles. The smallest absolute Gasteiger partial charge is 0.342 e. The van der Waals surface area contributed by atoms with Gasteiger partial charge in [-0.25, -0.2) is 4.79 Å². The molecule has 0 radical (unpaired) electrons. The lowest BCUT2D eigenvalue weighted by Gasteiger charge is -2.15. The van der Waals surface area contributed by atoms with Gasteiger partial charge in [0.1, 0.15) is 11.6 Å². The number of halogens is 1. The highest BCUT2D eigenvalue weighted by atomic mass is 35.5. The second-order valence-corrected chi connectivity index (χ2v) is 5.61. The Bertz CT molecular complexity index is 892. The number of carbonyl (C=O) groups is 2. The number of para-hydroxylation sites is 1. The lowest BCUT2D eigenvalue weighted by Crippen LogP contribution is -2.30. The van der Waals surface area contributed by atoms with Crippen molar-refractivity contribution in [2.45, 2.75) is 13.0 Å². The first-order valence-electron chi connectivity index (χ1n) is 7.44. The molecule has 2 N–H and O–H groups in total. The maximum Gasteiger partial charge on any atom is 0.342 e. The Morgan fingerprint density at radius 1 is 1.31 bits per heavy atom. The number of methoxy groups -OCH3 is 1. The number of hydrogen-bond acceptors (Lipinski definition) is 6. The van der Waals surface area contributed by atoms with E-state index >= 15 is 0 Å². The van der Waals surface area contributed by atoms with Gasteiger partial charge in [-0.15, -0.1) is 0 Å². The van der Waals surface area contributed by atoms with Crippen molar-refractivity contribution in [1.29, 1.82) is 5.26 Å². The summed E-state index contributed by atoms with van der Waals surface area (Å²) in [6, 6.07) is 10.6. The SMILES string of the molecule is COc1cccc(C(=O)OC(C)C(=O)Nc2ccc(C#N)c(Cl)c2)c1O. The summed E-state index contributed by atoms with van der Waals surface area (Å²) in [7, 11) is 1.35. The van der Waals surface area contributed by atoms with E-state index in [0.717, 1.165) is 0 Å². The third-order valence-corrected chi connectivity index (χ3v) is 3.76. The van der Waals surface area contributed by atoms with Gasteiger partial charge < -0.3 is 19.9 Å². The number of phenolic OH excluding ortho intramolecular Hbond substituents is 1. The topological polar surface area (TPSA) is 109 Å². The first kappa shape index (κ1) is 19.1. The van der Waals surface area contributed by atoms with Gasteiger partial charge in [-0.05, 0) is 37.3 Å². The predicted molar refractivity (Wildman–Crippen MR) is 94.3 cm³/mol. The standard InChI is InChI=1S/C18H15ClN2O5/c1-10(17(23)21-12-7-6-11(9-20)14(19)8-12)26-18(24)13-4-3-5-15(25-2)16(13)22/h3-8,10,22H,1-2H3,(H,21,23). The van der Waals surface area contributed by atoms with E-state index in [4.69, 9.17) is 26.3 Å². The van der Waals surface area contributed by atoms with Crippen LogP contribution in [0.1, 0.15) is 22.8 Å². The number of anilines is 1. The van der Waals surface area contributed by atoms with Gasteiger partial charge in [0.15, 0.2) is 17.6 Å². The number of nitrogens with one attached hydrogen (secondary N) is 1. The van der Waals surface area contributed by atoms with E-state index in [1.807, 2.05) is 6.07 Å². The second-order valence-electron chi connectivity index (χ2n) is 5.20. The second kappa shape index (κ2) is 8.23. The van der Waals surface area contributed by atoms with Gasteiger partial charge in [0, 0.05) is 5.69 Å². The van der Waals surface area contributed by atoms with Crippen molar-refractivity contribution in [3.05, 3.63) is 52.5 Å². The molecule has 0 bridgehead atoms. The van der Waals surface area contributed by atoms with Gasteiger partial charge in [0.25, 0.3) is 5.91 Å². The fraction of sp³-hybridized carbons (Fsp3) is 0.167. The minimum atomic E-state index is -1.14. The summed E-state index contributed by atoms with van der Waals surface area (Å²) in [5, 5.41) is 21.5. The summed E-state index contributed by atoms with van der Waals surface area (Å²) in [4.78, 5) is 24.3. The minimum absolute atomic E-state index is 0.115. The molecule has 0 saturated heterocycles. The summed E-state index contributed by atoms with van der Waals surface area (Å²) in [6.45, 7) is 1.38. The van der Waals surface area contributed by atoms with Crippen LogP contribution in [0, 0.1) is 11.3 Å². The van der Waals surface area contributed by atoms with E-state index in [1.54, 1.807) is 0 Å². The van der Waals surface area contributed by atoms with Crippen molar-refractivity contribution < 1.29 is 24.2 Å². The number of hydrogen-bond donors (Lipinski definition) is 2. The zero-order valence-corrected chi connectivity index (χ0v) is 14.7. The van der Waals surface area contributed by atoms with Crippen molar-refractivity contribution in [2.75, 3.05) is 12.4 Å². The number of ether oxygens (including phenoxy) is 2. The van der Waals surface area contributed by atoms with E-state index in [2.05, 4.69) is 5.32 Å². The summed E-state index contributed by atoms with van der Waals surface area (Å²) in [5.41, 5.74) is 0.509. The van der Waals surface area contributed by atoms with E-state index in [-0.39, 0.29) is 27.6 Å². The Labute approximate surface area is 154 Å². The molecule has 0 aromatic heterocycles. The van der Waals surface area contributed by atoms with Crippen LogP contribution in [-0.4, -0.2) is 30.2 Å². The molecule has 0 aliphatic rings. The van der Waals surface area contributed by atoms with E-state index in [9.17, 15) is 14.7 Å². The van der Waals surface area contributed by atoms with Crippen LogP contribution in [0.2, 0.25) is 5.02 Å². The maximum absolute atomic E-state index is 12.2.